The molecule has 0 aliphatic heterocycles. The number of benzene rings is 1. The zero-order valence-electron chi connectivity index (χ0n) is 11.5. The molecule has 0 aliphatic carbocycles. The Labute approximate surface area is 122 Å². The van der Waals surface area contributed by atoms with Crippen LogP contribution in [0.3, 0.4) is 0 Å². The minimum absolute atomic E-state index is 0.273. The minimum atomic E-state index is -0.482. The number of ether oxygens (including phenoxy) is 2. The molecule has 1 unspecified atom stereocenters. The van der Waals surface area contributed by atoms with Crippen LogP contribution in [0, 0.1) is 0 Å². The minimum Gasteiger partial charge on any atom is -0.497 e. The predicted molar refractivity (Wildman–Crippen MR) is 78.4 cm³/mol. The first-order valence-corrected chi connectivity index (χ1v) is 7.16. The summed E-state index contributed by atoms with van der Waals surface area (Å²) in [4.78, 5) is 12.1. The number of carbonyl (C=O) groups excluding carboxylic acids is 1. The van der Waals surface area contributed by atoms with Crippen molar-refractivity contribution in [2.75, 3.05) is 20.3 Å². The Hall–Kier alpha value is -1.07. The summed E-state index contributed by atoms with van der Waals surface area (Å²) in [5.74, 6) is 0.440. The molecule has 0 spiro atoms. The number of carbonyl (C=O) groups is 1. The summed E-state index contributed by atoms with van der Waals surface area (Å²) in [6.45, 7) is 4.96. The lowest BCUT2D eigenvalue weighted by atomic mass is 10.1. The molecular weight excluding hydrogens is 310 g/mol. The molecule has 0 bridgehead atoms. The molecule has 1 rings (SSSR count). The first-order valence-electron chi connectivity index (χ1n) is 6.37. The third kappa shape index (κ3) is 4.51. The third-order valence-corrected chi connectivity index (χ3v) is 3.36. The molecule has 106 valence electrons. The van der Waals surface area contributed by atoms with E-state index in [1.54, 1.807) is 14.0 Å². The molecule has 0 fully saturated rings. The van der Waals surface area contributed by atoms with Gasteiger partial charge in [-0.1, -0.05) is 22.9 Å². The van der Waals surface area contributed by atoms with E-state index >= 15 is 0 Å². The maximum Gasteiger partial charge on any atom is 0.327 e. The fourth-order valence-electron chi connectivity index (χ4n) is 1.70. The van der Waals surface area contributed by atoms with Crippen molar-refractivity contribution in [3.05, 3.63) is 28.2 Å². The maximum atomic E-state index is 12.1. The van der Waals surface area contributed by atoms with E-state index in [2.05, 4.69) is 28.2 Å². The average molecular weight is 330 g/mol. The van der Waals surface area contributed by atoms with Crippen molar-refractivity contribution in [1.29, 1.82) is 0 Å². The van der Waals surface area contributed by atoms with Gasteiger partial charge in [-0.25, -0.2) is 4.79 Å². The van der Waals surface area contributed by atoms with Gasteiger partial charge in [0, 0.05) is 4.47 Å². The molecule has 0 saturated heterocycles. The number of methoxy groups -OCH3 is 1. The Morgan fingerprint density at radius 2 is 2.16 bits per heavy atom. The molecule has 0 radical (unpaired) electrons. The first-order chi connectivity index (χ1) is 9.13. The monoisotopic (exact) mass is 329 g/mol. The summed E-state index contributed by atoms with van der Waals surface area (Å²) >= 11 is 3.47. The van der Waals surface area contributed by atoms with E-state index in [1.807, 2.05) is 18.2 Å². The highest BCUT2D eigenvalue weighted by Gasteiger charge is 2.23. The van der Waals surface area contributed by atoms with Crippen LogP contribution in [0.1, 0.15) is 31.9 Å². The number of halogens is 1. The average Bonchev–Trinajstić information content (AvgIpc) is 2.41. The van der Waals surface area contributed by atoms with Crippen molar-refractivity contribution >= 4 is 21.9 Å². The normalized spacial score (nSPS) is 12.0. The second-order valence-corrected chi connectivity index (χ2v) is 4.88. The standard InChI is InChI=1S/C14H20BrNO3/c1-4-8-16-13(14(17)19-5-2)11-9-10(18-3)6-7-12(11)15/h6-7,9,13,16H,4-5,8H2,1-3H3. The number of hydrogen-bond donors (Lipinski definition) is 1. The molecule has 0 amide bonds. The highest BCUT2D eigenvalue weighted by atomic mass is 79.9. The van der Waals surface area contributed by atoms with Gasteiger partial charge in [-0.05, 0) is 43.7 Å². The van der Waals surface area contributed by atoms with Crippen LogP contribution < -0.4 is 10.1 Å². The van der Waals surface area contributed by atoms with Gasteiger partial charge >= 0.3 is 5.97 Å². The van der Waals surface area contributed by atoms with Crippen LogP contribution in [0.5, 0.6) is 5.75 Å². The summed E-state index contributed by atoms with van der Waals surface area (Å²) in [6.07, 6.45) is 0.942. The number of nitrogens with one attached hydrogen (secondary N) is 1. The molecule has 0 aromatic heterocycles. The quantitative estimate of drug-likeness (QED) is 0.781. The van der Waals surface area contributed by atoms with Gasteiger partial charge in [0.05, 0.1) is 13.7 Å². The summed E-state index contributed by atoms with van der Waals surface area (Å²) < 4.78 is 11.2. The fourth-order valence-corrected chi connectivity index (χ4v) is 2.18. The zero-order chi connectivity index (χ0) is 14.3. The summed E-state index contributed by atoms with van der Waals surface area (Å²) in [5, 5.41) is 3.20. The van der Waals surface area contributed by atoms with Crippen molar-refractivity contribution in [2.45, 2.75) is 26.3 Å². The maximum absolute atomic E-state index is 12.1. The van der Waals surface area contributed by atoms with Crippen molar-refractivity contribution in [3.8, 4) is 5.75 Å². The number of esters is 1. The molecule has 0 aliphatic rings. The topological polar surface area (TPSA) is 47.6 Å². The van der Waals surface area contributed by atoms with Crippen molar-refractivity contribution in [2.24, 2.45) is 0 Å². The highest BCUT2D eigenvalue weighted by molar-refractivity contribution is 9.10. The first kappa shape index (κ1) is 16.0. The van der Waals surface area contributed by atoms with Gasteiger partial charge in [0.25, 0.3) is 0 Å². The molecule has 1 atom stereocenters. The Bertz CT molecular complexity index is 423. The molecule has 5 heteroatoms. The van der Waals surface area contributed by atoms with Crippen LogP contribution >= 0.6 is 15.9 Å². The Morgan fingerprint density at radius 3 is 2.74 bits per heavy atom. The molecule has 0 heterocycles. The van der Waals surface area contributed by atoms with Gasteiger partial charge in [-0.3, -0.25) is 0 Å². The molecule has 1 N–H and O–H groups in total. The van der Waals surface area contributed by atoms with E-state index in [0.717, 1.165) is 23.0 Å². The van der Waals surface area contributed by atoms with Gasteiger partial charge in [-0.2, -0.15) is 0 Å². The van der Waals surface area contributed by atoms with Gasteiger partial charge in [-0.15, -0.1) is 0 Å². The zero-order valence-corrected chi connectivity index (χ0v) is 13.1. The van der Waals surface area contributed by atoms with Crippen LogP contribution in [0.4, 0.5) is 0 Å². The lowest BCUT2D eigenvalue weighted by molar-refractivity contribution is -0.145. The van der Waals surface area contributed by atoms with Crippen molar-refractivity contribution in [1.82, 2.24) is 5.32 Å². The van der Waals surface area contributed by atoms with E-state index in [4.69, 9.17) is 9.47 Å². The lowest BCUT2D eigenvalue weighted by Crippen LogP contribution is -2.31. The molecule has 1 aromatic carbocycles. The second kappa shape index (κ2) is 8.17. The van der Waals surface area contributed by atoms with Gasteiger partial charge < -0.3 is 14.8 Å². The molecule has 4 nitrogen and oxygen atoms in total. The van der Waals surface area contributed by atoms with Crippen molar-refractivity contribution in [3.63, 3.8) is 0 Å². The Morgan fingerprint density at radius 1 is 1.42 bits per heavy atom. The van der Waals surface area contributed by atoms with E-state index in [1.165, 1.54) is 0 Å². The predicted octanol–water partition coefficient (Wildman–Crippen LogP) is 3.06. The van der Waals surface area contributed by atoms with Gasteiger partial charge in [0.15, 0.2) is 0 Å². The van der Waals surface area contributed by atoms with E-state index in [-0.39, 0.29) is 5.97 Å². The van der Waals surface area contributed by atoms with Crippen LogP contribution in [-0.2, 0) is 9.53 Å². The SMILES string of the molecule is CCCNC(C(=O)OCC)c1cc(OC)ccc1Br. The van der Waals surface area contributed by atoms with Crippen LogP contribution in [0.25, 0.3) is 0 Å². The Balaban J connectivity index is 3.04. The highest BCUT2D eigenvalue weighted by Crippen LogP contribution is 2.28. The van der Waals surface area contributed by atoms with Crippen LogP contribution in [-0.4, -0.2) is 26.2 Å². The number of hydrogen-bond acceptors (Lipinski definition) is 4. The van der Waals surface area contributed by atoms with Gasteiger partial charge in [0.1, 0.15) is 11.8 Å². The lowest BCUT2D eigenvalue weighted by Gasteiger charge is -2.19. The molecule has 1 aromatic rings. The molecule has 0 saturated carbocycles. The number of rotatable bonds is 7. The summed E-state index contributed by atoms with van der Waals surface area (Å²) in [7, 11) is 1.60. The Kier molecular flexibility index (Phi) is 6.87. The van der Waals surface area contributed by atoms with Gasteiger partial charge in [0.2, 0.25) is 0 Å². The molecule has 19 heavy (non-hydrogen) atoms. The fraction of sp³-hybridized carbons (Fsp3) is 0.500. The third-order valence-electron chi connectivity index (χ3n) is 2.63. The second-order valence-electron chi connectivity index (χ2n) is 4.03. The van der Waals surface area contributed by atoms with Crippen LogP contribution in [0.2, 0.25) is 0 Å². The largest absolute Gasteiger partial charge is 0.497 e. The van der Waals surface area contributed by atoms with E-state index in [9.17, 15) is 4.79 Å². The smallest absolute Gasteiger partial charge is 0.327 e. The van der Waals surface area contributed by atoms with Crippen LogP contribution in [0.15, 0.2) is 22.7 Å². The van der Waals surface area contributed by atoms with Crippen molar-refractivity contribution < 1.29 is 14.3 Å². The summed E-state index contributed by atoms with van der Waals surface area (Å²) in [6, 6.07) is 5.07. The van der Waals surface area contributed by atoms with E-state index < -0.39 is 6.04 Å². The van der Waals surface area contributed by atoms with E-state index in [0.29, 0.717) is 12.4 Å². The summed E-state index contributed by atoms with van der Waals surface area (Å²) in [5.41, 5.74) is 0.825. The molecular formula is C14H20BrNO3.